The van der Waals surface area contributed by atoms with Crippen LogP contribution in [0, 0.1) is 0 Å². The second kappa shape index (κ2) is 5.58. The van der Waals surface area contributed by atoms with Crippen LogP contribution in [0.3, 0.4) is 0 Å². The van der Waals surface area contributed by atoms with E-state index in [1.807, 2.05) is 24.3 Å². The van der Waals surface area contributed by atoms with E-state index in [2.05, 4.69) is 12.1 Å². The summed E-state index contributed by atoms with van der Waals surface area (Å²) in [6.07, 6.45) is 1.81. The highest BCUT2D eigenvalue weighted by molar-refractivity contribution is 5.68. The molecule has 4 nitrogen and oxygen atoms in total. The highest BCUT2D eigenvalue weighted by Crippen LogP contribution is 2.32. The highest BCUT2D eigenvalue weighted by atomic mass is 16.5. The van der Waals surface area contributed by atoms with Gasteiger partial charge in [-0.1, -0.05) is 30.3 Å². The van der Waals surface area contributed by atoms with Crippen molar-refractivity contribution in [2.45, 2.75) is 18.9 Å². The first-order valence-electron chi connectivity index (χ1n) is 6.96. The largest absolute Gasteiger partial charge is 0.482 e. The summed E-state index contributed by atoms with van der Waals surface area (Å²) < 4.78 is 5.25. The van der Waals surface area contributed by atoms with E-state index in [9.17, 15) is 4.79 Å². The third-order valence-corrected chi connectivity index (χ3v) is 3.87. The van der Waals surface area contributed by atoms with Crippen molar-refractivity contribution in [2.75, 3.05) is 6.61 Å². The maximum absolute atomic E-state index is 10.6. The molecule has 1 aliphatic carbocycles. The molecule has 3 N–H and O–H groups in total. The quantitative estimate of drug-likeness (QED) is 0.906. The summed E-state index contributed by atoms with van der Waals surface area (Å²) in [6.45, 7) is -0.328. The molecule has 0 radical (unpaired) electrons. The Balaban J connectivity index is 1.93. The van der Waals surface area contributed by atoms with E-state index >= 15 is 0 Å². The van der Waals surface area contributed by atoms with E-state index in [0.29, 0.717) is 5.75 Å². The van der Waals surface area contributed by atoms with Gasteiger partial charge in [-0.05, 0) is 47.2 Å². The number of carboxylic acid groups (broad SMARTS) is 1. The lowest BCUT2D eigenvalue weighted by atomic mass is 9.95. The zero-order valence-corrected chi connectivity index (χ0v) is 11.6. The first kappa shape index (κ1) is 13.6. The van der Waals surface area contributed by atoms with Crippen LogP contribution in [0.15, 0.2) is 42.5 Å². The molecule has 3 rings (SSSR count). The molecule has 1 atom stereocenters. The summed E-state index contributed by atoms with van der Waals surface area (Å²) >= 11 is 0. The van der Waals surface area contributed by atoms with Crippen molar-refractivity contribution in [3.8, 4) is 5.75 Å². The normalized spacial score (nSPS) is 16.5. The third-order valence-electron chi connectivity index (χ3n) is 3.87. The molecule has 1 unspecified atom stereocenters. The van der Waals surface area contributed by atoms with Crippen LogP contribution in [0.25, 0.3) is 0 Å². The number of rotatable bonds is 3. The van der Waals surface area contributed by atoms with E-state index in [4.69, 9.17) is 15.6 Å². The van der Waals surface area contributed by atoms with Crippen molar-refractivity contribution in [1.29, 1.82) is 0 Å². The second-order valence-electron chi connectivity index (χ2n) is 5.22. The molecule has 108 valence electrons. The number of nitrogens with two attached hydrogens (primary N) is 1. The van der Waals surface area contributed by atoms with Crippen molar-refractivity contribution in [3.63, 3.8) is 0 Å². The number of aryl methyl sites for hydroxylation is 2. The molecule has 2 aromatic rings. The monoisotopic (exact) mass is 283 g/mol. The van der Waals surface area contributed by atoms with Crippen molar-refractivity contribution in [2.24, 2.45) is 5.73 Å². The van der Waals surface area contributed by atoms with Gasteiger partial charge in [0.05, 0.1) is 6.04 Å². The number of benzene rings is 2. The van der Waals surface area contributed by atoms with Gasteiger partial charge in [0.2, 0.25) is 0 Å². The highest BCUT2D eigenvalue weighted by Gasteiger charge is 2.20. The standard InChI is InChI=1S/C17H17NO3/c18-17-14-4-2-1-3-11(14)5-6-12-9-13(7-8-15(12)17)21-10-16(19)20/h1-4,7-9,17H,5-6,10,18H2,(H,19,20). The number of fused-ring (bicyclic) bond motifs is 2. The first-order valence-corrected chi connectivity index (χ1v) is 6.96. The average molecular weight is 283 g/mol. The molecule has 0 saturated heterocycles. The number of aliphatic carboxylic acids is 1. The molecule has 21 heavy (non-hydrogen) atoms. The number of hydrogen-bond acceptors (Lipinski definition) is 3. The van der Waals surface area contributed by atoms with Gasteiger partial charge in [-0.25, -0.2) is 4.79 Å². The van der Waals surface area contributed by atoms with Gasteiger partial charge in [0, 0.05) is 0 Å². The van der Waals surface area contributed by atoms with Gasteiger partial charge in [-0.2, -0.15) is 0 Å². The van der Waals surface area contributed by atoms with Gasteiger partial charge in [-0.15, -0.1) is 0 Å². The molecule has 0 aromatic heterocycles. The third kappa shape index (κ3) is 2.76. The zero-order chi connectivity index (χ0) is 14.8. The number of hydrogen-bond donors (Lipinski definition) is 2. The topological polar surface area (TPSA) is 72.5 Å². The molecule has 0 spiro atoms. The Morgan fingerprint density at radius 3 is 2.67 bits per heavy atom. The van der Waals surface area contributed by atoms with Gasteiger partial charge < -0.3 is 15.6 Å². The minimum absolute atomic E-state index is 0.146. The van der Waals surface area contributed by atoms with Gasteiger partial charge in [0.15, 0.2) is 6.61 Å². The minimum atomic E-state index is -0.978. The molecule has 0 amide bonds. The van der Waals surface area contributed by atoms with E-state index in [1.54, 1.807) is 6.07 Å². The Kier molecular flexibility index (Phi) is 3.62. The van der Waals surface area contributed by atoms with Crippen LogP contribution in [-0.4, -0.2) is 17.7 Å². The number of carbonyl (C=O) groups is 1. The van der Waals surface area contributed by atoms with Gasteiger partial charge in [0.1, 0.15) is 5.75 Å². The molecular formula is C17H17NO3. The maximum atomic E-state index is 10.6. The number of carboxylic acids is 1. The van der Waals surface area contributed by atoms with Gasteiger partial charge >= 0.3 is 5.97 Å². The van der Waals surface area contributed by atoms with Crippen LogP contribution in [0.4, 0.5) is 0 Å². The molecule has 0 fully saturated rings. The molecule has 1 aliphatic rings. The Bertz CT molecular complexity index is 681. The Morgan fingerprint density at radius 1 is 1.14 bits per heavy atom. The average Bonchev–Trinajstić information content (AvgIpc) is 2.63. The van der Waals surface area contributed by atoms with E-state index in [1.165, 1.54) is 5.56 Å². The van der Waals surface area contributed by atoms with Crippen molar-refractivity contribution >= 4 is 5.97 Å². The van der Waals surface area contributed by atoms with E-state index in [0.717, 1.165) is 29.5 Å². The van der Waals surface area contributed by atoms with Crippen LogP contribution in [-0.2, 0) is 17.6 Å². The van der Waals surface area contributed by atoms with Crippen LogP contribution < -0.4 is 10.5 Å². The molecule has 4 heteroatoms. The maximum Gasteiger partial charge on any atom is 0.341 e. The summed E-state index contributed by atoms with van der Waals surface area (Å²) in [6, 6.07) is 13.7. The fourth-order valence-corrected chi connectivity index (χ4v) is 2.84. The number of ether oxygens (including phenoxy) is 1. The summed E-state index contributed by atoms with van der Waals surface area (Å²) in [5.74, 6) is -0.400. The Hall–Kier alpha value is -2.33. The SMILES string of the molecule is NC1c2ccccc2CCc2cc(OCC(=O)O)ccc21. The van der Waals surface area contributed by atoms with Crippen molar-refractivity contribution < 1.29 is 14.6 Å². The Labute approximate surface area is 123 Å². The zero-order valence-electron chi connectivity index (χ0n) is 11.6. The van der Waals surface area contributed by atoms with Gasteiger partial charge in [0.25, 0.3) is 0 Å². The van der Waals surface area contributed by atoms with Crippen LogP contribution in [0.2, 0.25) is 0 Å². The predicted octanol–water partition coefficient (Wildman–Crippen LogP) is 2.30. The van der Waals surface area contributed by atoms with E-state index < -0.39 is 5.97 Å². The summed E-state index contributed by atoms with van der Waals surface area (Å²) in [5.41, 5.74) is 11.0. The van der Waals surface area contributed by atoms with Gasteiger partial charge in [-0.3, -0.25) is 0 Å². The lowest BCUT2D eigenvalue weighted by Crippen LogP contribution is -2.14. The molecule has 0 saturated carbocycles. The lowest BCUT2D eigenvalue weighted by Gasteiger charge is -2.16. The van der Waals surface area contributed by atoms with Crippen LogP contribution in [0.5, 0.6) is 5.75 Å². The predicted molar refractivity (Wildman–Crippen MR) is 79.5 cm³/mol. The summed E-state index contributed by atoms with van der Waals surface area (Å²) in [7, 11) is 0. The summed E-state index contributed by atoms with van der Waals surface area (Å²) in [4.78, 5) is 10.6. The Morgan fingerprint density at radius 2 is 1.86 bits per heavy atom. The van der Waals surface area contributed by atoms with E-state index in [-0.39, 0.29) is 12.6 Å². The lowest BCUT2D eigenvalue weighted by molar-refractivity contribution is -0.139. The minimum Gasteiger partial charge on any atom is -0.482 e. The fourth-order valence-electron chi connectivity index (χ4n) is 2.84. The van der Waals surface area contributed by atoms with Crippen molar-refractivity contribution in [3.05, 3.63) is 64.7 Å². The second-order valence-corrected chi connectivity index (χ2v) is 5.22. The van der Waals surface area contributed by atoms with Crippen LogP contribution in [0.1, 0.15) is 28.3 Å². The first-order chi connectivity index (χ1) is 10.1. The summed E-state index contributed by atoms with van der Waals surface area (Å²) in [5, 5.41) is 8.67. The smallest absolute Gasteiger partial charge is 0.341 e. The van der Waals surface area contributed by atoms with Crippen molar-refractivity contribution in [1.82, 2.24) is 0 Å². The molecular weight excluding hydrogens is 266 g/mol. The fraction of sp³-hybridized carbons (Fsp3) is 0.235. The molecule has 0 bridgehead atoms. The molecule has 0 aliphatic heterocycles. The molecule has 2 aromatic carbocycles. The molecule has 0 heterocycles. The van der Waals surface area contributed by atoms with Crippen LogP contribution >= 0.6 is 0 Å².